The summed E-state index contributed by atoms with van der Waals surface area (Å²) in [6, 6.07) is 4.57. The molecule has 3 atom stereocenters. The van der Waals surface area contributed by atoms with E-state index in [0.29, 0.717) is 35.9 Å². The molecule has 11 heteroatoms. The lowest BCUT2D eigenvalue weighted by Crippen LogP contribution is -2.49. The molecule has 1 unspecified atom stereocenters. The molecule has 1 aliphatic carbocycles. The Hall–Kier alpha value is -2.50. The Bertz CT molecular complexity index is 1180. The van der Waals surface area contributed by atoms with E-state index in [1.807, 2.05) is 0 Å². The van der Waals surface area contributed by atoms with Gasteiger partial charge in [-0.1, -0.05) is 13.0 Å². The molecule has 2 N–H and O–H groups in total. The Labute approximate surface area is 189 Å². The fourth-order valence-electron chi connectivity index (χ4n) is 4.78. The van der Waals surface area contributed by atoms with Crippen molar-refractivity contribution in [2.24, 2.45) is 5.92 Å². The third-order valence-electron chi connectivity index (χ3n) is 6.32. The number of pyridine rings is 1. The maximum absolute atomic E-state index is 13.8. The number of halogens is 3. The van der Waals surface area contributed by atoms with Crippen molar-refractivity contribution in [2.75, 3.05) is 19.6 Å². The van der Waals surface area contributed by atoms with E-state index in [1.165, 1.54) is 10.4 Å². The van der Waals surface area contributed by atoms with E-state index in [2.05, 4.69) is 10.3 Å². The van der Waals surface area contributed by atoms with Crippen LogP contribution in [0.2, 0.25) is 0 Å². The minimum absolute atomic E-state index is 0.0620. The molecule has 2 heterocycles. The topological polar surface area (TPSA) is 99.6 Å². The van der Waals surface area contributed by atoms with Gasteiger partial charge in [0.2, 0.25) is 10.0 Å². The zero-order valence-electron chi connectivity index (χ0n) is 18.1. The number of aliphatic carboxylic acids is 1. The van der Waals surface area contributed by atoms with E-state index < -0.39 is 39.7 Å². The van der Waals surface area contributed by atoms with Crippen LogP contribution in [0, 0.1) is 12.8 Å². The van der Waals surface area contributed by atoms with Gasteiger partial charge in [-0.15, -0.1) is 0 Å². The van der Waals surface area contributed by atoms with Gasteiger partial charge in [0, 0.05) is 25.8 Å². The van der Waals surface area contributed by atoms with E-state index >= 15 is 0 Å². The van der Waals surface area contributed by atoms with Gasteiger partial charge in [0.05, 0.1) is 28.1 Å². The Morgan fingerprint density at radius 1 is 1.27 bits per heavy atom. The second-order valence-corrected chi connectivity index (χ2v) is 10.5. The van der Waals surface area contributed by atoms with E-state index in [9.17, 15) is 31.5 Å². The molecule has 2 aromatic rings. The molecule has 0 bridgehead atoms. The number of piperazine rings is 1. The average molecular weight is 484 g/mol. The first-order chi connectivity index (χ1) is 15.4. The number of nitrogens with one attached hydrogen (secondary N) is 1. The molecule has 0 amide bonds. The van der Waals surface area contributed by atoms with E-state index in [4.69, 9.17) is 0 Å². The molecule has 0 saturated carbocycles. The first-order valence-corrected chi connectivity index (χ1v) is 12.0. The lowest BCUT2D eigenvalue weighted by Gasteiger charge is -2.35. The molecule has 178 valence electrons. The molecule has 0 spiro atoms. The number of aryl methyl sites for hydroxylation is 1. The minimum atomic E-state index is -4.54. The smallest absolute Gasteiger partial charge is 0.417 e. The number of carboxylic acid groups (broad SMARTS) is 1. The maximum atomic E-state index is 13.8. The Morgan fingerprint density at radius 3 is 2.61 bits per heavy atom. The predicted molar refractivity (Wildman–Crippen MR) is 113 cm³/mol. The van der Waals surface area contributed by atoms with Gasteiger partial charge in [-0.25, -0.2) is 8.42 Å². The summed E-state index contributed by atoms with van der Waals surface area (Å²) in [6.45, 7) is 4.17. The summed E-state index contributed by atoms with van der Waals surface area (Å²) in [7, 11) is -4.08. The van der Waals surface area contributed by atoms with Crippen LogP contribution in [0.15, 0.2) is 35.4 Å². The Morgan fingerprint density at radius 2 is 2.00 bits per heavy atom. The largest absolute Gasteiger partial charge is 0.481 e. The van der Waals surface area contributed by atoms with Crippen molar-refractivity contribution < 1.29 is 31.5 Å². The quantitative estimate of drug-likeness (QED) is 0.694. The molecule has 7 nitrogen and oxygen atoms in total. The molecule has 1 aliphatic heterocycles. The molecular formula is C22H24F3N3O4S. The van der Waals surface area contributed by atoms with Crippen LogP contribution < -0.4 is 5.32 Å². The molecule has 1 aromatic carbocycles. The third-order valence-corrected chi connectivity index (χ3v) is 8.29. The zero-order chi connectivity index (χ0) is 24.1. The van der Waals surface area contributed by atoms with Crippen LogP contribution in [0.3, 0.4) is 0 Å². The van der Waals surface area contributed by atoms with Crippen LogP contribution in [0.4, 0.5) is 13.2 Å². The van der Waals surface area contributed by atoms with E-state index in [0.717, 1.165) is 6.07 Å². The molecule has 33 heavy (non-hydrogen) atoms. The van der Waals surface area contributed by atoms with Crippen molar-refractivity contribution in [3.8, 4) is 0 Å². The normalized spacial score (nSPS) is 24.0. The fraction of sp³-hybridized carbons (Fsp3) is 0.455. The lowest BCUT2D eigenvalue weighted by atomic mass is 9.94. The fourth-order valence-corrected chi connectivity index (χ4v) is 6.73. The third kappa shape index (κ3) is 4.24. The van der Waals surface area contributed by atoms with Crippen LogP contribution in [-0.2, 0) is 27.4 Å². The number of nitrogens with zero attached hydrogens (tertiary/aromatic N) is 2. The summed E-state index contributed by atoms with van der Waals surface area (Å²) in [6.07, 6.45) is -3.52. The lowest BCUT2D eigenvalue weighted by molar-refractivity contribution is -0.140. The highest BCUT2D eigenvalue weighted by molar-refractivity contribution is 7.89. The van der Waals surface area contributed by atoms with Gasteiger partial charge in [-0.3, -0.25) is 9.78 Å². The van der Waals surface area contributed by atoms with E-state index in [-0.39, 0.29) is 29.6 Å². The second-order valence-electron chi connectivity index (χ2n) is 8.63. The highest BCUT2D eigenvalue weighted by Crippen LogP contribution is 2.43. The van der Waals surface area contributed by atoms with Gasteiger partial charge in [0.25, 0.3) is 0 Å². The number of hydrogen-bond acceptors (Lipinski definition) is 5. The number of alkyl halides is 3. The number of fused-ring (bicyclic) bond motifs is 1. The monoisotopic (exact) mass is 483 g/mol. The van der Waals surface area contributed by atoms with Crippen molar-refractivity contribution >= 4 is 16.0 Å². The SMILES string of the molecule is Cc1cc2c(c(S(=O)(=O)N3CCNCC3c3ccc(C(F)(F)F)cn3)c1)C[C@@H](C)[C@H]2C(=O)O. The molecule has 0 radical (unpaired) electrons. The van der Waals surface area contributed by atoms with Crippen molar-refractivity contribution in [3.05, 3.63) is 58.4 Å². The molecule has 1 saturated heterocycles. The van der Waals surface area contributed by atoms with Crippen molar-refractivity contribution in [3.63, 3.8) is 0 Å². The number of benzene rings is 1. The van der Waals surface area contributed by atoms with Crippen molar-refractivity contribution in [1.82, 2.24) is 14.6 Å². The standard InChI is InChI=1S/C22H24F3N3O4S/c1-12-7-16-15(9-13(2)20(16)21(29)30)19(8-12)33(31,32)28-6-5-26-11-18(28)17-4-3-14(10-27-17)22(23,24)25/h3-4,7-8,10,13,18,20,26H,5-6,9,11H2,1-2H3,(H,29,30)/t13-,18?,20-/m1/s1. The highest BCUT2D eigenvalue weighted by atomic mass is 32.2. The number of aromatic nitrogens is 1. The number of carboxylic acids is 1. The van der Waals surface area contributed by atoms with Gasteiger partial charge in [-0.05, 0) is 54.2 Å². The number of hydrogen-bond donors (Lipinski definition) is 2. The van der Waals surface area contributed by atoms with Gasteiger partial charge in [-0.2, -0.15) is 17.5 Å². The van der Waals surface area contributed by atoms with Crippen LogP contribution in [0.5, 0.6) is 0 Å². The van der Waals surface area contributed by atoms with Gasteiger partial charge >= 0.3 is 12.1 Å². The molecule has 2 aliphatic rings. The first kappa shape index (κ1) is 23.7. The Balaban J connectivity index is 1.77. The Kier molecular flexibility index (Phi) is 6.00. The van der Waals surface area contributed by atoms with Crippen LogP contribution >= 0.6 is 0 Å². The first-order valence-electron chi connectivity index (χ1n) is 10.5. The number of carbonyl (C=O) groups is 1. The van der Waals surface area contributed by atoms with Crippen LogP contribution in [-0.4, -0.2) is 48.4 Å². The van der Waals surface area contributed by atoms with Gasteiger partial charge in [0.15, 0.2) is 0 Å². The number of sulfonamides is 1. The molecule has 4 rings (SSSR count). The molecular weight excluding hydrogens is 459 g/mol. The average Bonchev–Trinajstić information content (AvgIpc) is 3.08. The molecule has 1 fully saturated rings. The minimum Gasteiger partial charge on any atom is -0.481 e. The molecule has 1 aromatic heterocycles. The van der Waals surface area contributed by atoms with Crippen molar-refractivity contribution in [2.45, 2.75) is 43.3 Å². The highest BCUT2D eigenvalue weighted by Gasteiger charge is 2.42. The summed E-state index contributed by atoms with van der Waals surface area (Å²) in [5.41, 5.74) is 0.938. The number of rotatable bonds is 4. The summed E-state index contributed by atoms with van der Waals surface area (Å²) in [5.74, 6) is -2.04. The maximum Gasteiger partial charge on any atom is 0.417 e. The summed E-state index contributed by atoms with van der Waals surface area (Å²) >= 11 is 0. The van der Waals surface area contributed by atoms with E-state index in [1.54, 1.807) is 26.0 Å². The van der Waals surface area contributed by atoms with Crippen molar-refractivity contribution in [1.29, 1.82) is 0 Å². The van der Waals surface area contributed by atoms with Crippen LogP contribution in [0.1, 0.15) is 46.8 Å². The predicted octanol–water partition coefficient (Wildman–Crippen LogP) is 3.10. The second kappa shape index (κ2) is 8.37. The summed E-state index contributed by atoms with van der Waals surface area (Å²) < 4.78 is 67.7. The zero-order valence-corrected chi connectivity index (χ0v) is 18.9. The summed E-state index contributed by atoms with van der Waals surface area (Å²) in [5, 5.41) is 12.8. The van der Waals surface area contributed by atoms with Gasteiger partial charge in [0.1, 0.15) is 0 Å². The summed E-state index contributed by atoms with van der Waals surface area (Å²) in [4.78, 5) is 15.8. The van der Waals surface area contributed by atoms with Gasteiger partial charge < -0.3 is 10.4 Å². The van der Waals surface area contributed by atoms with Crippen LogP contribution in [0.25, 0.3) is 0 Å².